The lowest BCUT2D eigenvalue weighted by Crippen LogP contribution is -2.53. The third-order valence-electron chi connectivity index (χ3n) is 5.56. The van der Waals surface area contributed by atoms with Gasteiger partial charge in [-0.05, 0) is 73.8 Å². The number of rotatable bonds is 5. The number of benzene rings is 3. The van der Waals surface area contributed by atoms with Gasteiger partial charge in [0.2, 0.25) is 0 Å². The second-order valence-corrected chi connectivity index (χ2v) is 9.63. The molecule has 0 amide bonds. The molecule has 5 nitrogen and oxygen atoms in total. The first-order chi connectivity index (χ1) is 15.7. The highest BCUT2D eigenvalue weighted by atomic mass is 35.5. The number of piperidine rings is 1. The molecule has 0 bridgehead atoms. The van der Waals surface area contributed by atoms with E-state index in [2.05, 4.69) is 40.4 Å². The maximum absolute atomic E-state index is 11.3. The maximum Gasteiger partial charge on any atom is 0.293 e. The van der Waals surface area contributed by atoms with Gasteiger partial charge in [-0.1, -0.05) is 60.1 Å². The van der Waals surface area contributed by atoms with Crippen LogP contribution in [0.2, 0.25) is 5.02 Å². The number of fused-ring (bicyclic) bond motifs is 1. The summed E-state index contributed by atoms with van der Waals surface area (Å²) in [6.45, 7) is 7.76. The molecule has 1 aliphatic heterocycles. The summed E-state index contributed by atoms with van der Waals surface area (Å²) >= 11 is 6.00. The van der Waals surface area contributed by atoms with Crippen molar-refractivity contribution in [2.24, 2.45) is 0 Å². The van der Waals surface area contributed by atoms with Crippen LogP contribution in [0.25, 0.3) is 10.8 Å². The standard InChI is InChI=1S/C22H22ClNO2.C5H10O2/c23-20-9-7-19(8-10-20)22(25)11-12-24-14-21(22)26-15-16-5-6-17-3-1-2-4-18(17)13-16;1-5(2,3)7-4-6/h1-10,13,21,24-25H,11-12,14-15H2;4H,1-3H3. The second kappa shape index (κ2) is 11.1. The van der Waals surface area contributed by atoms with E-state index in [1.54, 1.807) is 0 Å². The third kappa shape index (κ3) is 7.02. The lowest BCUT2D eigenvalue weighted by atomic mass is 9.82. The molecule has 6 heteroatoms. The number of carbonyl (C=O) groups excluding carboxylic acids is 1. The van der Waals surface area contributed by atoms with Crippen LogP contribution in [0.5, 0.6) is 0 Å². The molecule has 1 aliphatic rings. The normalized spacial score (nSPS) is 20.6. The van der Waals surface area contributed by atoms with Crippen molar-refractivity contribution in [3.05, 3.63) is 82.9 Å². The first kappa shape index (κ1) is 25.2. The fourth-order valence-corrected chi connectivity index (χ4v) is 3.90. The van der Waals surface area contributed by atoms with Crippen LogP contribution < -0.4 is 5.32 Å². The van der Waals surface area contributed by atoms with Crippen molar-refractivity contribution in [3.8, 4) is 0 Å². The number of carbonyl (C=O) groups is 1. The highest BCUT2D eigenvalue weighted by Gasteiger charge is 2.41. The van der Waals surface area contributed by atoms with Gasteiger partial charge in [-0.25, -0.2) is 0 Å². The van der Waals surface area contributed by atoms with E-state index < -0.39 is 5.60 Å². The minimum absolute atomic E-state index is 0.316. The second-order valence-electron chi connectivity index (χ2n) is 9.19. The van der Waals surface area contributed by atoms with Crippen molar-refractivity contribution in [1.82, 2.24) is 5.32 Å². The van der Waals surface area contributed by atoms with Crippen LogP contribution in [0.1, 0.15) is 38.3 Å². The molecule has 0 saturated carbocycles. The molecule has 1 saturated heterocycles. The van der Waals surface area contributed by atoms with E-state index in [0.717, 1.165) is 17.7 Å². The summed E-state index contributed by atoms with van der Waals surface area (Å²) in [4.78, 5) is 9.60. The summed E-state index contributed by atoms with van der Waals surface area (Å²) in [7, 11) is 0. The Balaban J connectivity index is 0.000000383. The number of hydrogen-bond acceptors (Lipinski definition) is 5. The zero-order chi connectivity index (χ0) is 23.9. The lowest BCUT2D eigenvalue weighted by molar-refractivity contribution is -0.138. The van der Waals surface area contributed by atoms with E-state index in [4.69, 9.17) is 16.3 Å². The predicted octanol–water partition coefficient (Wildman–Crippen LogP) is 5.22. The fourth-order valence-electron chi connectivity index (χ4n) is 3.78. The Hall–Kier alpha value is -2.44. The predicted molar refractivity (Wildman–Crippen MR) is 132 cm³/mol. The molecule has 4 rings (SSSR count). The fraction of sp³-hybridized carbons (Fsp3) is 0.370. The summed E-state index contributed by atoms with van der Waals surface area (Å²) in [6.07, 6.45) is 0.292. The largest absolute Gasteiger partial charge is 0.462 e. The van der Waals surface area contributed by atoms with E-state index in [1.807, 2.05) is 57.2 Å². The zero-order valence-corrected chi connectivity index (χ0v) is 20.1. The van der Waals surface area contributed by atoms with Crippen LogP contribution >= 0.6 is 11.6 Å². The first-order valence-electron chi connectivity index (χ1n) is 11.1. The highest BCUT2D eigenvalue weighted by Crippen LogP contribution is 2.34. The smallest absolute Gasteiger partial charge is 0.293 e. The monoisotopic (exact) mass is 469 g/mol. The highest BCUT2D eigenvalue weighted by molar-refractivity contribution is 6.30. The summed E-state index contributed by atoms with van der Waals surface area (Å²) in [6, 6.07) is 22.0. The minimum atomic E-state index is -1.01. The average Bonchev–Trinajstić information content (AvgIpc) is 2.78. The summed E-state index contributed by atoms with van der Waals surface area (Å²) in [5, 5.41) is 17.7. The summed E-state index contributed by atoms with van der Waals surface area (Å²) in [5.74, 6) is 0. The van der Waals surface area contributed by atoms with Gasteiger partial charge in [0.1, 0.15) is 17.3 Å². The van der Waals surface area contributed by atoms with Crippen molar-refractivity contribution in [1.29, 1.82) is 0 Å². The van der Waals surface area contributed by atoms with E-state index >= 15 is 0 Å². The number of halogens is 1. The van der Waals surface area contributed by atoms with E-state index in [1.165, 1.54) is 10.8 Å². The topological polar surface area (TPSA) is 67.8 Å². The number of hydrogen-bond donors (Lipinski definition) is 2. The van der Waals surface area contributed by atoms with Gasteiger partial charge in [0, 0.05) is 11.6 Å². The quantitative estimate of drug-likeness (QED) is 0.501. The van der Waals surface area contributed by atoms with Gasteiger partial charge in [0.15, 0.2) is 0 Å². The van der Waals surface area contributed by atoms with Crippen molar-refractivity contribution >= 4 is 28.8 Å². The van der Waals surface area contributed by atoms with Gasteiger partial charge in [-0.15, -0.1) is 0 Å². The first-order valence-corrected chi connectivity index (χ1v) is 11.5. The van der Waals surface area contributed by atoms with Gasteiger partial charge in [-0.3, -0.25) is 4.79 Å². The summed E-state index contributed by atoms with van der Waals surface area (Å²) < 4.78 is 10.7. The summed E-state index contributed by atoms with van der Waals surface area (Å²) in [5.41, 5.74) is 0.633. The van der Waals surface area contributed by atoms with Crippen molar-refractivity contribution in [2.75, 3.05) is 13.1 Å². The van der Waals surface area contributed by atoms with Crippen LogP contribution in [0, 0.1) is 0 Å². The molecule has 1 fully saturated rings. The molecule has 3 aromatic carbocycles. The van der Waals surface area contributed by atoms with Crippen molar-refractivity contribution in [3.63, 3.8) is 0 Å². The van der Waals surface area contributed by atoms with Crippen molar-refractivity contribution < 1.29 is 19.4 Å². The van der Waals surface area contributed by atoms with Gasteiger partial charge in [-0.2, -0.15) is 0 Å². The minimum Gasteiger partial charge on any atom is -0.462 e. The zero-order valence-electron chi connectivity index (χ0n) is 19.4. The maximum atomic E-state index is 11.3. The molecule has 1 heterocycles. The molecule has 2 N–H and O–H groups in total. The Kier molecular flexibility index (Phi) is 8.49. The van der Waals surface area contributed by atoms with Crippen molar-refractivity contribution in [2.45, 2.75) is 51.1 Å². The van der Waals surface area contributed by atoms with Gasteiger partial charge in [0.25, 0.3) is 6.47 Å². The number of nitrogens with one attached hydrogen (secondary N) is 1. The van der Waals surface area contributed by atoms with E-state index in [-0.39, 0.29) is 11.7 Å². The van der Waals surface area contributed by atoms with Gasteiger partial charge in [0.05, 0.1) is 6.61 Å². The molecule has 0 aliphatic carbocycles. The van der Waals surface area contributed by atoms with Gasteiger partial charge >= 0.3 is 0 Å². The Morgan fingerprint density at radius 1 is 1.09 bits per heavy atom. The molecule has 2 unspecified atom stereocenters. The third-order valence-corrected chi connectivity index (χ3v) is 5.81. The molecule has 2 atom stereocenters. The Labute approximate surface area is 200 Å². The van der Waals surface area contributed by atoms with Crippen LogP contribution in [-0.2, 0) is 26.5 Å². The Morgan fingerprint density at radius 3 is 2.42 bits per heavy atom. The number of aliphatic hydroxyl groups is 1. The average molecular weight is 470 g/mol. The SMILES string of the molecule is CC(C)(C)OC=O.OC1(c2ccc(Cl)cc2)CCNCC1OCc1ccc2ccccc2c1. The Morgan fingerprint density at radius 2 is 1.79 bits per heavy atom. The van der Waals surface area contributed by atoms with E-state index in [9.17, 15) is 9.90 Å². The van der Waals surface area contributed by atoms with Crippen LogP contribution in [-0.4, -0.2) is 36.4 Å². The van der Waals surface area contributed by atoms with Crippen LogP contribution in [0.3, 0.4) is 0 Å². The van der Waals surface area contributed by atoms with Gasteiger partial charge < -0.3 is 19.9 Å². The molecule has 33 heavy (non-hydrogen) atoms. The Bertz CT molecular complexity index is 1050. The van der Waals surface area contributed by atoms with E-state index in [0.29, 0.717) is 31.1 Å². The van der Waals surface area contributed by atoms with Crippen LogP contribution in [0.4, 0.5) is 0 Å². The molecule has 0 aromatic heterocycles. The van der Waals surface area contributed by atoms with Crippen LogP contribution in [0.15, 0.2) is 66.7 Å². The molecular weight excluding hydrogens is 438 g/mol. The molecule has 176 valence electrons. The lowest BCUT2D eigenvalue weighted by Gasteiger charge is -2.40. The molecule has 0 spiro atoms. The number of ether oxygens (including phenoxy) is 2. The molecular formula is C27H32ClNO4. The molecule has 3 aromatic rings. The molecule has 0 radical (unpaired) electrons.